The van der Waals surface area contributed by atoms with E-state index in [4.69, 9.17) is 8.37 Å². The molecule has 0 heterocycles. The molecule has 0 unspecified atom stereocenters. The third-order valence-corrected chi connectivity index (χ3v) is 7.18. The van der Waals surface area contributed by atoms with Gasteiger partial charge < -0.3 is 4.18 Å². The monoisotopic (exact) mass is 460 g/mol. The van der Waals surface area contributed by atoms with E-state index in [0.29, 0.717) is 12.8 Å². The molecule has 0 aliphatic rings. The first-order valence-electron chi connectivity index (χ1n) is 9.72. The molecule has 0 amide bonds. The minimum Gasteiger partial charge on any atom is -0.379 e. The van der Waals surface area contributed by atoms with Crippen molar-refractivity contribution < 1.29 is 25.2 Å². The van der Waals surface area contributed by atoms with Crippen molar-refractivity contribution in [3.05, 3.63) is 89.5 Å². The first kappa shape index (κ1) is 23.0. The maximum absolute atomic E-state index is 12.3. The Labute approximate surface area is 183 Å². The summed E-state index contributed by atoms with van der Waals surface area (Å²) in [5.41, 5.74) is 2.84. The van der Waals surface area contributed by atoms with Crippen LogP contribution in [0.25, 0.3) is 0 Å². The summed E-state index contributed by atoms with van der Waals surface area (Å²) in [7, 11) is -7.67. The molecule has 0 N–H and O–H groups in total. The molecule has 3 aromatic rings. The highest BCUT2D eigenvalue weighted by atomic mass is 32.2. The third-order valence-electron chi connectivity index (χ3n) is 4.60. The molecule has 31 heavy (non-hydrogen) atoms. The molecule has 8 heteroatoms. The predicted molar refractivity (Wildman–Crippen MR) is 118 cm³/mol. The smallest absolute Gasteiger partial charge is 0.339 e. The van der Waals surface area contributed by atoms with Crippen LogP contribution in [0.2, 0.25) is 0 Å². The molecular formula is C23H24O6S2. The van der Waals surface area contributed by atoms with Crippen LogP contribution in [0.3, 0.4) is 0 Å². The molecule has 0 bridgehead atoms. The average Bonchev–Trinajstić information content (AvgIpc) is 2.73. The van der Waals surface area contributed by atoms with Gasteiger partial charge in [0.1, 0.15) is 10.6 Å². The van der Waals surface area contributed by atoms with Gasteiger partial charge in [0.05, 0.1) is 11.5 Å². The SMILES string of the molecule is Cc1ccc(S(=O)(=O)OCCCc2ccc(OS(=O)(=O)c3ccc(C)cc3)cc2)cc1. The Morgan fingerprint density at radius 1 is 0.645 bits per heavy atom. The highest BCUT2D eigenvalue weighted by Gasteiger charge is 2.17. The Morgan fingerprint density at radius 3 is 1.65 bits per heavy atom. The zero-order valence-electron chi connectivity index (χ0n) is 17.3. The summed E-state index contributed by atoms with van der Waals surface area (Å²) in [6.07, 6.45) is 1.07. The molecule has 0 atom stereocenters. The van der Waals surface area contributed by atoms with Crippen molar-refractivity contribution in [1.29, 1.82) is 0 Å². The lowest BCUT2D eigenvalue weighted by Gasteiger charge is -2.09. The van der Waals surface area contributed by atoms with Crippen LogP contribution >= 0.6 is 0 Å². The van der Waals surface area contributed by atoms with E-state index in [2.05, 4.69) is 0 Å². The molecule has 164 valence electrons. The minimum absolute atomic E-state index is 0.0518. The van der Waals surface area contributed by atoms with Gasteiger partial charge in [-0.05, 0) is 68.7 Å². The highest BCUT2D eigenvalue weighted by molar-refractivity contribution is 7.87. The van der Waals surface area contributed by atoms with Gasteiger partial charge in [-0.3, -0.25) is 4.18 Å². The van der Waals surface area contributed by atoms with Crippen LogP contribution in [0.4, 0.5) is 0 Å². The zero-order chi connectivity index (χ0) is 22.5. The van der Waals surface area contributed by atoms with Gasteiger partial charge in [0.2, 0.25) is 0 Å². The number of rotatable bonds is 9. The summed E-state index contributed by atoms with van der Waals surface area (Å²) in [4.78, 5) is 0.225. The van der Waals surface area contributed by atoms with E-state index in [9.17, 15) is 16.8 Å². The van der Waals surface area contributed by atoms with E-state index in [1.54, 1.807) is 48.5 Å². The first-order valence-corrected chi connectivity index (χ1v) is 12.5. The Bertz CT molecular complexity index is 1210. The molecule has 0 fully saturated rings. The van der Waals surface area contributed by atoms with Crippen LogP contribution in [0.5, 0.6) is 5.75 Å². The normalized spacial score (nSPS) is 11.9. The highest BCUT2D eigenvalue weighted by Crippen LogP contribution is 2.20. The quantitative estimate of drug-likeness (QED) is 0.347. The topological polar surface area (TPSA) is 86.7 Å². The van der Waals surface area contributed by atoms with E-state index in [-0.39, 0.29) is 22.1 Å². The molecule has 0 aromatic heterocycles. The summed E-state index contributed by atoms with van der Waals surface area (Å²) < 4.78 is 59.3. The third kappa shape index (κ3) is 6.40. The fraction of sp³-hybridized carbons (Fsp3) is 0.217. The molecular weight excluding hydrogens is 436 g/mol. The molecule has 0 aliphatic heterocycles. The molecule has 0 aliphatic carbocycles. The van der Waals surface area contributed by atoms with Crippen LogP contribution in [-0.4, -0.2) is 23.4 Å². The van der Waals surface area contributed by atoms with E-state index in [1.165, 1.54) is 24.3 Å². The maximum Gasteiger partial charge on any atom is 0.339 e. The number of aryl methyl sites for hydroxylation is 3. The zero-order valence-corrected chi connectivity index (χ0v) is 18.9. The van der Waals surface area contributed by atoms with Gasteiger partial charge in [0.25, 0.3) is 10.1 Å². The van der Waals surface area contributed by atoms with Gasteiger partial charge in [-0.15, -0.1) is 0 Å². The Kier molecular flexibility index (Phi) is 7.15. The second-order valence-corrected chi connectivity index (χ2v) is 10.3. The van der Waals surface area contributed by atoms with Crippen molar-refractivity contribution in [3.8, 4) is 5.75 Å². The predicted octanol–water partition coefficient (Wildman–Crippen LogP) is 4.41. The molecule has 6 nitrogen and oxygen atoms in total. The lowest BCUT2D eigenvalue weighted by atomic mass is 10.1. The fourth-order valence-electron chi connectivity index (χ4n) is 2.81. The number of hydrogen-bond acceptors (Lipinski definition) is 6. The van der Waals surface area contributed by atoms with E-state index in [1.807, 2.05) is 13.8 Å². The summed E-state index contributed by atoms with van der Waals surface area (Å²) in [6, 6.07) is 19.5. The molecule has 0 saturated heterocycles. The van der Waals surface area contributed by atoms with E-state index in [0.717, 1.165) is 16.7 Å². The van der Waals surface area contributed by atoms with Gasteiger partial charge in [-0.1, -0.05) is 47.5 Å². The van der Waals surface area contributed by atoms with Gasteiger partial charge in [0, 0.05) is 0 Å². The van der Waals surface area contributed by atoms with Gasteiger partial charge >= 0.3 is 10.1 Å². The first-order chi connectivity index (χ1) is 14.7. The molecule has 0 radical (unpaired) electrons. The summed E-state index contributed by atoms with van der Waals surface area (Å²) in [5, 5.41) is 0. The molecule has 3 rings (SSSR count). The largest absolute Gasteiger partial charge is 0.379 e. The van der Waals surface area contributed by atoms with Crippen LogP contribution < -0.4 is 4.18 Å². The second-order valence-electron chi connectivity index (χ2n) is 7.19. The standard InChI is InChI=1S/C23H24O6S2/c1-18-5-13-22(14-6-18)30(24,25)28-17-3-4-20-9-11-21(12-10-20)29-31(26,27)23-15-7-19(2)8-16-23/h5-16H,3-4,17H2,1-2H3. The van der Waals surface area contributed by atoms with Crippen LogP contribution in [-0.2, 0) is 30.8 Å². The van der Waals surface area contributed by atoms with Crippen molar-refractivity contribution in [2.45, 2.75) is 36.5 Å². The molecule has 0 saturated carbocycles. The van der Waals surface area contributed by atoms with Crippen LogP contribution in [0.15, 0.2) is 82.6 Å². The Morgan fingerprint density at radius 2 is 1.13 bits per heavy atom. The van der Waals surface area contributed by atoms with Crippen molar-refractivity contribution >= 4 is 20.2 Å². The molecule has 0 spiro atoms. The lowest BCUT2D eigenvalue weighted by Crippen LogP contribution is -2.09. The summed E-state index contributed by atoms with van der Waals surface area (Å²) in [6.45, 7) is 3.81. The van der Waals surface area contributed by atoms with Crippen LogP contribution in [0.1, 0.15) is 23.1 Å². The van der Waals surface area contributed by atoms with E-state index >= 15 is 0 Å². The van der Waals surface area contributed by atoms with Crippen molar-refractivity contribution in [1.82, 2.24) is 0 Å². The second kappa shape index (κ2) is 9.64. The Balaban J connectivity index is 1.51. The van der Waals surface area contributed by atoms with Gasteiger partial charge in [-0.25, -0.2) is 0 Å². The fourth-order valence-corrected chi connectivity index (χ4v) is 4.68. The average molecular weight is 461 g/mol. The van der Waals surface area contributed by atoms with Crippen LogP contribution in [0, 0.1) is 13.8 Å². The van der Waals surface area contributed by atoms with Crippen molar-refractivity contribution in [3.63, 3.8) is 0 Å². The lowest BCUT2D eigenvalue weighted by molar-refractivity contribution is 0.312. The van der Waals surface area contributed by atoms with Crippen molar-refractivity contribution in [2.75, 3.05) is 6.61 Å². The van der Waals surface area contributed by atoms with Gasteiger partial charge in [-0.2, -0.15) is 16.8 Å². The summed E-state index contributed by atoms with van der Waals surface area (Å²) >= 11 is 0. The summed E-state index contributed by atoms with van der Waals surface area (Å²) in [5.74, 6) is 0.211. The number of benzene rings is 3. The molecule has 3 aromatic carbocycles. The van der Waals surface area contributed by atoms with Gasteiger partial charge in [0.15, 0.2) is 0 Å². The van der Waals surface area contributed by atoms with Crippen molar-refractivity contribution in [2.24, 2.45) is 0 Å². The Hall–Kier alpha value is -2.68. The maximum atomic E-state index is 12.3. The number of hydrogen-bond donors (Lipinski definition) is 0. The minimum atomic E-state index is -3.90. The van der Waals surface area contributed by atoms with E-state index < -0.39 is 20.2 Å².